The number of aromatic nitrogens is 2. The van der Waals surface area contributed by atoms with Gasteiger partial charge in [0.1, 0.15) is 0 Å². The summed E-state index contributed by atoms with van der Waals surface area (Å²) in [5.74, 6) is 0.677. The van der Waals surface area contributed by atoms with Gasteiger partial charge in [-0.05, 0) is 31.7 Å². The highest BCUT2D eigenvalue weighted by Gasteiger charge is 2.33. The summed E-state index contributed by atoms with van der Waals surface area (Å²) in [5.41, 5.74) is 1.44. The monoisotopic (exact) mass is 243 g/mol. The van der Waals surface area contributed by atoms with Gasteiger partial charge in [0.2, 0.25) is 0 Å². The Labute approximate surface area is 106 Å². The summed E-state index contributed by atoms with van der Waals surface area (Å²) in [6.07, 6.45) is 2.47. The second kappa shape index (κ2) is 4.12. The van der Waals surface area contributed by atoms with Crippen molar-refractivity contribution in [2.75, 3.05) is 7.05 Å². The maximum atomic E-state index is 12.4. The van der Waals surface area contributed by atoms with Crippen LogP contribution in [0.3, 0.4) is 0 Å². The molecular weight excluding hydrogens is 226 g/mol. The minimum absolute atomic E-state index is 0.00634. The molecule has 0 spiro atoms. The van der Waals surface area contributed by atoms with Crippen molar-refractivity contribution in [3.8, 4) is 0 Å². The molecule has 1 aliphatic carbocycles. The highest BCUT2D eigenvalue weighted by Crippen LogP contribution is 2.35. The third-order valence-corrected chi connectivity index (χ3v) is 3.91. The van der Waals surface area contributed by atoms with Crippen molar-refractivity contribution < 1.29 is 4.79 Å². The lowest BCUT2D eigenvalue weighted by atomic mass is 10.1. The predicted molar refractivity (Wildman–Crippen MR) is 70.4 cm³/mol. The first-order valence-corrected chi connectivity index (χ1v) is 6.38. The number of hydrogen-bond acceptors (Lipinski definition) is 2. The fraction of sp³-hybridized carbons (Fsp3) is 0.429. The van der Waals surface area contributed by atoms with E-state index in [0.29, 0.717) is 17.7 Å². The van der Waals surface area contributed by atoms with Gasteiger partial charge in [0, 0.05) is 18.5 Å². The van der Waals surface area contributed by atoms with E-state index in [-0.39, 0.29) is 5.91 Å². The van der Waals surface area contributed by atoms with E-state index in [9.17, 15) is 4.79 Å². The van der Waals surface area contributed by atoms with Gasteiger partial charge in [0.05, 0.1) is 5.52 Å². The molecule has 1 aromatic carbocycles. The molecule has 1 aliphatic rings. The Morgan fingerprint density at radius 3 is 2.89 bits per heavy atom. The van der Waals surface area contributed by atoms with Crippen molar-refractivity contribution in [3.63, 3.8) is 0 Å². The van der Waals surface area contributed by atoms with Crippen LogP contribution in [0.15, 0.2) is 24.3 Å². The first-order valence-electron chi connectivity index (χ1n) is 6.38. The summed E-state index contributed by atoms with van der Waals surface area (Å²) in [6, 6.07) is 8.03. The van der Waals surface area contributed by atoms with E-state index in [1.54, 1.807) is 0 Å². The molecule has 1 amide bonds. The Kier molecular flexibility index (Phi) is 2.58. The molecule has 1 aromatic heterocycles. The quantitative estimate of drug-likeness (QED) is 0.900. The number of aromatic amines is 1. The zero-order chi connectivity index (χ0) is 12.7. The van der Waals surface area contributed by atoms with Crippen LogP contribution >= 0.6 is 0 Å². The Balaban J connectivity index is 1.91. The summed E-state index contributed by atoms with van der Waals surface area (Å²) < 4.78 is 0. The molecule has 1 saturated carbocycles. The van der Waals surface area contributed by atoms with Crippen LogP contribution in [0.1, 0.15) is 30.3 Å². The molecule has 0 radical (unpaired) electrons. The van der Waals surface area contributed by atoms with Crippen molar-refractivity contribution >= 4 is 16.8 Å². The molecule has 4 nitrogen and oxygen atoms in total. The summed E-state index contributed by atoms with van der Waals surface area (Å²) in [5, 5.41) is 7.97. The van der Waals surface area contributed by atoms with E-state index in [2.05, 4.69) is 17.1 Å². The number of para-hydroxylation sites is 1. The van der Waals surface area contributed by atoms with Crippen molar-refractivity contribution in [2.45, 2.75) is 25.8 Å². The van der Waals surface area contributed by atoms with E-state index < -0.39 is 0 Å². The first-order chi connectivity index (χ1) is 8.68. The van der Waals surface area contributed by atoms with Crippen LogP contribution in [-0.4, -0.2) is 34.1 Å². The van der Waals surface area contributed by atoms with Gasteiger partial charge < -0.3 is 4.90 Å². The topological polar surface area (TPSA) is 49.0 Å². The fourth-order valence-electron chi connectivity index (χ4n) is 2.37. The van der Waals surface area contributed by atoms with Crippen molar-refractivity contribution in [3.05, 3.63) is 30.0 Å². The lowest BCUT2D eigenvalue weighted by Gasteiger charge is -2.24. The van der Waals surface area contributed by atoms with E-state index >= 15 is 0 Å². The van der Waals surface area contributed by atoms with Crippen molar-refractivity contribution in [2.24, 2.45) is 5.92 Å². The third-order valence-electron chi connectivity index (χ3n) is 3.91. The predicted octanol–water partition coefficient (Wildman–Crippen LogP) is 2.43. The van der Waals surface area contributed by atoms with Crippen LogP contribution in [0.2, 0.25) is 0 Å². The Hall–Kier alpha value is -1.84. The number of nitrogens with one attached hydrogen (secondary N) is 1. The van der Waals surface area contributed by atoms with Gasteiger partial charge in [-0.1, -0.05) is 18.2 Å². The molecule has 3 rings (SSSR count). The van der Waals surface area contributed by atoms with Crippen LogP contribution in [-0.2, 0) is 0 Å². The maximum absolute atomic E-state index is 12.4. The average molecular weight is 243 g/mol. The number of carbonyl (C=O) groups excluding carboxylic acids is 1. The van der Waals surface area contributed by atoms with E-state index in [0.717, 1.165) is 10.9 Å². The molecule has 18 heavy (non-hydrogen) atoms. The molecule has 4 heteroatoms. The number of benzene rings is 1. The second-order valence-corrected chi connectivity index (χ2v) is 5.11. The third kappa shape index (κ3) is 1.78. The van der Waals surface area contributed by atoms with E-state index in [1.807, 2.05) is 36.2 Å². The molecule has 0 bridgehead atoms. The van der Waals surface area contributed by atoms with Crippen molar-refractivity contribution in [1.82, 2.24) is 15.1 Å². The summed E-state index contributed by atoms with van der Waals surface area (Å²) >= 11 is 0. The number of fused-ring (bicyclic) bond motifs is 1. The van der Waals surface area contributed by atoms with E-state index in [4.69, 9.17) is 0 Å². The van der Waals surface area contributed by atoms with Crippen LogP contribution in [0.5, 0.6) is 0 Å². The smallest absolute Gasteiger partial charge is 0.274 e. The van der Waals surface area contributed by atoms with E-state index in [1.165, 1.54) is 12.8 Å². The largest absolute Gasteiger partial charge is 0.337 e. The zero-order valence-corrected chi connectivity index (χ0v) is 10.7. The zero-order valence-electron chi connectivity index (χ0n) is 10.7. The summed E-state index contributed by atoms with van der Waals surface area (Å²) in [4.78, 5) is 14.3. The number of rotatable bonds is 3. The van der Waals surface area contributed by atoms with Gasteiger partial charge in [-0.15, -0.1) is 0 Å². The van der Waals surface area contributed by atoms with Crippen LogP contribution < -0.4 is 0 Å². The van der Waals surface area contributed by atoms with Crippen LogP contribution in [0.4, 0.5) is 0 Å². The van der Waals surface area contributed by atoms with Gasteiger partial charge >= 0.3 is 0 Å². The molecule has 1 heterocycles. The minimum Gasteiger partial charge on any atom is -0.337 e. The second-order valence-electron chi connectivity index (χ2n) is 5.11. The standard InChI is InChI=1S/C14H17N3O/c1-9(10-7-8-10)17(2)14(18)13-11-5-3-4-6-12(11)15-16-13/h3-6,9-10H,7-8H2,1-2H3,(H,15,16). The SMILES string of the molecule is CC(C1CC1)N(C)C(=O)c1n[nH]c2ccccc12. The normalized spacial score (nSPS) is 16.8. The Bertz CT molecular complexity index is 585. The molecule has 0 saturated heterocycles. The average Bonchev–Trinajstić information content (AvgIpc) is 3.16. The molecule has 1 unspecified atom stereocenters. The number of H-pyrrole nitrogens is 1. The number of nitrogens with zero attached hydrogens (tertiary/aromatic N) is 2. The van der Waals surface area contributed by atoms with Gasteiger partial charge in [-0.3, -0.25) is 9.89 Å². The van der Waals surface area contributed by atoms with Gasteiger partial charge in [-0.2, -0.15) is 5.10 Å². The molecule has 0 aliphatic heterocycles. The highest BCUT2D eigenvalue weighted by molar-refractivity contribution is 6.04. The minimum atomic E-state index is 0.00634. The molecule has 94 valence electrons. The molecule has 1 atom stereocenters. The number of carbonyl (C=O) groups is 1. The van der Waals surface area contributed by atoms with Crippen LogP contribution in [0.25, 0.3) is 10.9 Å². The fourth-order valence-corrected chi connectivity index (χ4v) is 2.37. The lowest BCUT2D eigenvalue weighted by molar-refractivity contribution is 0.0723. The van der Waals surface area contributed by atoms with Gasteiger partial charge in [0.25, 0.3) is 5.91 Å². The number of amides is 1. The van der Waals surface area contributed by atoms with Crippen molar-refractivity contribution in [1.29, 1.82) is 0 Å². The summed E-state index contributed by atoms with van der Waals surface area (Å²) in [7, 11) is 1.87. The van der Waals surface area contributed by atoms with Gasteiger partial charge in [-0.25, -0.2) is 0 Å². The summed E-state index contributed by atoms with van der Waals surface area (Å²) in [6.45, 7) is 2.12. The molecular formula is C14H17N3O. The molecule has 1 fully saturated rings. The lowest BCUT2D eigenvalue weighted by Crippen LogP contribution is -2.36. The maximum Gasteiger partial charge on any atom is 0.274 e. The Morgan fingerprint density at radius 2 is 2.17 bits per heavy atom. The number of hydrogen-bond donors (Lipinski definition) is 1. The Morgan fingerprint density at radius 1 is 1.44 bits per heavy atom. The van der Waals surface area contributed by atoms with Crippen LogP contribution in [0, 0.1) is 5.92 Å². The highest BCUT2D eigenvalue weighted by atomic mass is 16.2. The molecule has 2 aromatic rings. The molecule has 1 N–H and O–H groups in total. The first kappa shape index (κ1) is 11.3. The van der Waals surface area contributed by atoms with Gasteiger partial charge in [0.15, 0.2) is 5.69 Å².